The largest absolute Gasteiger partial charge is 0.495 e. The zero-order valence-electron chi connectivity index (χ0n) is 20.8. The van der Waals surface area contributed by atoms with E-state index in [1.807, 2.05) is 66.1 Å². The van der Waals surface area contributed by atoms with Crippen LogP contribution in [0.5, 0.6) is 11.5 Å². The smallest absolute Gasteiger partial charge is 0.247 e. The van der Waals surface area contributed by atoms with Crippen molar-refractivity contribution in [2.24, 2.45) is 0 Å². The van der Waals surface area contributed by atoms with E-state index >= 15 is 0 Å². The quantitative estimate of drug-likeness (QED) is 0.355. The maximum absolute atomic E-state index is 13.9. The number of nitrogens with one attached hydrogen (secondary N) is 1. The molecule has 1 aliphatic heterocycles. The predicted octanol–water partition coefficient (Wildman–Crippen LogP) is 5.38. The van der Waals surface area contributed by atoms with Gasteiger partial charge in [0.05, 0.1) is 48.4 Å². The zero-order chi connectivity index (χ0) is 26.1. The Hall–Kier alpha value is -4.04. The van der Waals surface area contributed by atoms with Crippen molar-refractivity contribution in [1.82, 2.24) is 14.5 Å². The van der Waals surface area contributed by atoms with Crippen LogP contribution >= 0.6 is 11.6 Å². The number of carbonyl (C=O) groups excluding carboxylic acids is 2. The molecule has 190 valence electrons. The van der Waals surface area contributed by atoms with Gasteiger partial charge in [0.25, 0.3) is 0 Å². The standard InChI is InChI=1S/C28H27ClN4O4/c1-17-27-31-20-11-7-8-12-22(20)33(27)23(28(35)32(17)16-18-9-5-4-6-10-18)14-26(34)30-21-13-19(29)24(36-2)15-25(21)37-3/h4-13,15,17,23H,14,16H2,1-3H3,(H,30,34). The molecule has 3 aromatic carbocycles. The first-order chi connectivity index (χ1) is 17.9. The molecule has 4 aromatic rings. The van der Waals surface area contributed by atoms with Crippen LogP contribution in [0, 0.1) is 0 Å². The van der Waals surface area contributed by atoms with Gasteiger partial charge >= 0.3 is 0 Å². The van der Waals surface area contributed by atoms with Crippen LogP contribution in [-0.4, -0.2) is 40.5 Å². The Morgan fingerprint density at radius 3 is 2.46 bits per heavy atom. The highest BCUT2D eigenvalue weighted by Gasteiger charge is 2.40. The van der Waals surface area contributed by atoms with Gasteiger partial charge in [0.1, 0.15) is 23.4 Å². The van der Waals surface area contributed by atoms with Gasteiger partial charge in [-0.2, -0.15) is 0 Å². The summed E-state index contributed by atoms with van der Waals surface area (Å²) in [6, 6.07) is 19.6. The fourth-order valence-electron chi connectivity index (χ4n) is 4.83. The van der Waals surface area contributed by atoms with Crippen LogP contribution in [0.2, 0.25) is 5.02 Å². The van der Waals surface area contributed by atoms with E-state index < -0.39 is 6.04 Å². The van der Waals surface area contributed by atoms with Gasteiger partial charge in [-0.05, 0) is 30.7 Å². The molecule has 9 heteroatoms. The average molecular weight is 519 g/mol. The summed E-state index contributed by atoms with van der Waals surface area (Å²) in [6.07, 6.45) is -0.0863. The number of nitrogens with zero attached hydrogens (tertiary/aromatic N) is 3. The van der Waals surface area contributed by atoms with Gasteiger partial charge in [0.2, 0.25) is 11.8 Å². The molecule has 0 spiro atoms. The number of ether oxygens (including phenoxy) is 2. The van der Waals surface area contributed by atoms with E-state index in [0.29, 0.717) is 28.8 Å². The number of rotatable bonds is 7. The van der Waals surface area contributed by atoms with E-state index in [1.165, 1.54) is 14.2 Å². The summed E-state index contributed by atoms with van der Waals surface area (Å²) in [4.78, 5) is 33.9. The lowest BCUT2D eigenvalue weighted by Gasteiger charge is -2.38. The number of anilines is 1. The Balaban J connectivity index is 1.50. The summed E-state index contributed by atoms with van der Waals surface area (Å²) in [7, 11) is 3.00. The molecule has 2 heterocycles. The lowest BCUT2D eigenvalue weighted by atomic mass is 10.0. The second-order valence-corrected chi connectivity index (χ2v) is 9.32. The van der Waals surface area contributed by atoms with Gasteiger partial charge in [-0.25, -0.2) is 4.98 Å². The van der Waals surface area contributed by atoms with Crippen LogP contribution in [0.3, 0.4) is 0 Å². The Labute approximate surface area is 219 Å². The summed E-state index contributed by atoms with van der Waals surface area (Å²) in [5.74, 6) is 1.09. The number of fused-ring (bicyclic) bond motifs is 3. The van der Waals surface area contributed by atoms with Crippen molar-refractivity contribution in [2.75, 3.05) is 19.5 Å². The van der Waals surface area contributed by atoms with Crippen LogP contribution in [0.4, 0.5) is 5.69 Å². The van der Waals surface area contributed by atoms with Gasteiger partial charge in [-0.1, -0.05) is 54.1 Å². The fraction of sp³-hybridized carbons (Fsp3) is 0.250. The van der Waals surface area contributed by atoms with Crippen molar-refractivity contribution < 1.29 is 19.1 Å². The first kappa shape index (κ1) is 24.6. The minimum absolute atomic E-state index is 0.0863. The maximum atomic E-state index is 13.9. The highest BCUT2D eigenvalue weighted by Crippen LogP contribution is 2.39. The molecule has 0 aliphatic carbocycles. The Bertz CT molecular complexity index is 1470. The zero-order valence-corrected chi connectivity index (χ0v) is 21.5. The topological polar surface area (TPSA) is 85.7 Å². The molecule has 0 bridgehead atoms. The molecule has 1 aromatic heterocycles. The van der Waals surface area contributed by atoms with Gasteiger partial charge in [0.15, 0.2) is 0 Å². The Kier molecular flexibility index (Phi) is 6.76. The lowest BCUT2D eigenvalue weighted by molar-refractivity contribution is -0.142. The first-order valence-corrected chi connectivity index (χ1v) is 12.3. The van der Waals surface area contributed by atoms with Gasteiger partial charge in [-0.3, -0.25) is 9.59 Å². The number of imidazole rings is 1. The number of para-hydroxylation sites is 2. The van der Waals surface area contributed by atoms with Crippen molar-refractivity contribution in [3.8, 4) is 11.5 Å². The molecule has 8 nitrogen and oxygen atoms in total. The number of halogens is 1. The number of amides is 2. The molecular weight excluding hydrogens is 492 g/mol. The molecule has 2 amide bonds. The fourth-order valence-corrected chi connectivity index (χ4v) is 5.07. The number of aromatic nitrogens is 2. The monoisotopic (exact) mass is 518 g/mol. The van der Waals surface area contributed by atoms with Crippen LogP contribution in [-0.2, 0) is 16.1 Å². The molecule has 1 aliphatic rings. The minimum atomic E-state index is -0.762. The molecule has 37 heavy (non-hydrogen) atoms. The lowest BCUT2D eigenvalue weighted by Crippen LogP contribution is -2.45. The van der Waals surface area contributed by atoms with E-state index in [2.05, 4.69) is 5.32 Å². The normalized spacial score (nSPS) is 17.0. The predicted molar refractivity (Wildman–Crippen MR) is 142 cm³/mol. The van der Waals surface area contributed by atoms with Crippen LogP contribution < -0.4 is 14.8 Å². The Morgan fingerprint density at radius 2 is 1.73 bits per heavy atom. The second kappa shape index (κ2) is 10.1. The van der Waals surface area contributed by atoms with Gasteiger partial charge in [-0.15, -0.1) is 0 Å². The summed E-state index contributed by atoms with van der Waals surface area (Å²) in [5.41, 5.74) is 3.01. The third-order valence-corrected chi connectivity index (χ3v) is 6.96. The van der Waals surface area contributed by atoms with E-state index in [0.717, 1.165) is 22.4 Å². The molecule has 0 saturated carbocycles. The minimum Gasteiger partial charge on any atom is -0.495 e. The molecule has 0 fully saturated rings. The van der Waals surface area contributed by atoms with E-state index in [1.54, 1.807) is 17.0 Å². The summed E-state index contributed by atoms with van der Waals surface area (Å²) in [6.45, 7) is 2.39. The third-order valence-electron chi connectivity index (χ3n) is 6.67. The van der Waals surface area contributed by atoms with Crippen molar-refractivity contribution in [2.45, 2.75) is 32.0 Å². The summed E-state index contributed by atoms with van der Waals surface area (Å²) in [5, 5.41) is 3.19. The number of benzene rings is 3. The number of hydrogen-bond acceptors (Lipinski definition) is 5. The van der Waals surface area contributed by atoms with E-state index in [-0.39, 0.29) is 24.3 Å². The molecular formula is C28H27ClN4O4. The van der Waals surface area contributed by atoms with Crippen molar-refractivity contribution in [1.29, 1.82) is 0 Å². The van der Waals surface area contributed by atoms with Crippen molar-refractivity contribution in [3.05, 3.63) is 83.1 Å². The highest BCUT2D eigenvalue weighted by atomic mass is 35.5. The van der Waals surface area contributed by atoms with Gasteiger partial charge in [0, 0.05) is 12.6 Å². The third kappa shape index (κ3) is 4.60. The SMILES string of the molecule is COc1cc(OC)c(NC(=O)CC2C(=O)N(Cc3ccccc3)C(C)c3nc4ccccc4n32)cc1Cl. The van der Waals surface area contributed by atoms with E-state index in [9.17, 15) is 9.59 Å². The molecule has 1 N–H and O–H groups in total. The average Bonchev–Trinajstić information content (AvgIpc) is 3.30. The maximum Gasteiger partial charge on any atom is 0.247 e. The molecule has 0 saturated heterocycles. The van der Waals surface area contributed by atoms with E-state index in [4.69, 9.17) is 26.1 Å². The highest BCUT2D eigenvalue weighted by molar-refractivity contribution is 6.32. The van der Waals surface area contributed by atoms with Crippen LogP contribution in [0.25, 0.3) is 11.0 Å². The first-order valence-electron chi connectivity index (χ1n) is 11.9. The molecule has 2 atom stereocenters. The Morgan fingerprint density at radius 1 is 1.03 bits per heavy atom. The van der Waals surface area contributed by atoms with Crippen LogP contribution in [0.1, 0.15) is 36.8 Å². The molecule has 5 rings (SSSR count). The number of methoxy groups -OCH3 is 2. The molecule has 0 radical (unpaired) electrons. The summed E-state index contributed by atoms with van der Waals surface area (Å²) >= 11 is 6.28. The molecule has 2 unspecified atom stereocenters. The van der Waals surface area contributed by atoms with Crippen LogP contribution in [0.15, 0.2) is 66.7 Å². The van der Waals surface area contributed by atoms with Gasteiger partial charge < -0.3 is 24.3 Å². The second-order valence-electron chi connectivity index (χ2n) is 8.91. The number of hydrogen-bond donors (Lipinski definition) is 1. The number of carbonyl (C=O) groups is 2. The summed E-state index contributed by atoms with van der Waals surface area (Å²) < 4.78 is 12.6. The van der Waals surface area contributed by atoms with Crippen molar-refractivity contribution in [3.63, 3.8) is 0 Å². The van der Waals surface area contributed by atoms with Crippen molar-refractivity contribution >= 4 is 40.1 Å².